The van der Waals surface area contributed by atoms with Crippen molar-refractivity contribution in [3.05, 3.63) is 35.9 Å². The van der Waals surface area contributed by atoms with E-state index < -0.39 is 11.9 Å². The third-order valence-electron chi connectivity index (χ3n) is 1.50. The van der Waals surface area contributed by atoms with Crippen LogP contribution in [-0.2, 0) is 9.53 Å². The van der Waals surface area contributed by atoms with Gasteiger partial charge in [0.1, 0.15) is 0 Å². The van der Waals surface area contributed by atoms with Crippen LogP contribution in [0.25, 0.3) is 0 Å². The van der Waals surface area contributed by atoms with E-state index in [-0.39, 0.29) is 68.4 Å². The van der Waals surface area contributed by atoms with Gasteiger partial charge in [-0.1, -0.05) is 25.1 Å². The van der Waals surface area contributed by atoms with Crippen molar-refractivity contribution in [2.24, 2.45) is 0 Å². The van der Waals surface area contributed by atoms with Gasteiger partial charge < -0.3 is 7.59 Å². The first-order chi connectivity index (χ1) is 6.24. The number of rotatable bonds is 2. The van der Waals surface area contributed by atoms with E-state index >= 15 is 0 Å². The summed E-state index contributed by atoms with van der Waals surface area (Å²) in [5.41, 5.74) is 0.393. The van der Waals surface area contributed by atoms with Crippen molar-refractivity contribution in [1.82, 2.24) is 0 Å². The summed E-state index contributed by atoms with van der Waals surface area (Å²) in [4.78, 5) is 21.9. The summed E-state index contributed by atoms with van der Waals surface area (Å²) in [6.45, 7) is 1.64. The van der Waals surface area contributed by atoms with Crippen LogP contribution >= 0.6 is 0 Å². The summed E-state index contributed by atoms with van der Waals surface area (Å²) >= 11 is 0. The number of esters is 2. The maximum absolute atomic E-state index is 11.2. The molecule has 0 spiro atoms. The van der Waals surface area contributed by atoms with Crippen molar-refractivity contribution in [3.8, 4) is 0 Å². The van der Waals surface area contributed by atoms with Gasteiger partial charge in [-0.3, -0.25) is 4.79 Å². The predicted octanol–water partition coefficient (Wildman–Crippen LogP) is -3.99. The second-order valence-corrected chi connectivity index (χ2v) is 2.48. The molecule has 0 unspecified atom stereocenters. The normalized spacial score (nSPS) is 8.07. The second kappa shape index (κ2) is 9.58. The molecule has 5 heteroatoms. The number of carbonyl (C=O) groups is 2. The van der Waals surface area contributed by atoms with Crippen molar-refractivity contribution in [2.45, 2.75) is 13.3 Å². The van der Waals surface area contributed by atoms with Gasteiger partial charge in [-0.15, -0.1) is 0 Å². The van der Waals surface area contributed by atoms with Crippen LogP contribution in [0.3, 0.4) is 0 Å². The quantitative estimate of drug-likeness (QED) is 0.293. The number of hydrogen-bond acceptors (Lipinski definition) is 3. The fraction of sp³-hybridized carbons (Fsp3) is 0.200. The molecule has 1 aromatic carbocycles. The molecule has 0 aliphatic heterocycles. The molecule has 0 aliphatic rings. The first kappa shape index (κ1) is 17.7. The van der Waals surface area contributed by atoms with Crippen molar-refractivity contribution in [3.63, 3.8) is 0 Å². The fourth-order valence-corrected chi connectivity index (χ4v) is 0.809. The van der Waals surface area contributed by atoms with Crippen LogP contribution in [0, 0.1) is 0 Å². The zero-order valence-electron chi connectivity index (χ0n) is 11.3. The minimum atomic E-state index is -0.590. The summed E-state index contributed by atoms with van der Waals surface area (Å²) in [7, 11) is 0. The van der Waals surface area contributed by atoms with Gasteiger partial charge in [0, 0.05) is 6.42 Å². The number of hydrogen-bond donors (Lipinski definition) is 0. The smallest absolute Gasteiger partial charge is 1.00 e. The number of ether oxygens (including phenoxy) is 1. The largest absolute Gasteiger partial charge is 1.00 e. The van der Waals surface area contributed by atoms with Gasteiger partial charge >= 0.3 is 71.1 Å². The summed E-state index contributed by atoms with van der Waals surface area (Å²) in [6.07, 6.45) is 0.207. The molecular weight excluding hydrogens is 214 g/mol. The molecule has 0 bridgehead atoms. The van der Waals surface area contributed by atoms with Gasteiger partial charge in [-0.2, -0.15) is 0 Å². The van der Waals surface area contributed by atoms with Gasteiger partial charge in [0.2, 0.25) is 0 Å². The molecule has 1 rings (SSSR count). The second-order valence-electron chi connectivity index (χ2n) is 2.48. The van der Waals surface area contributed by atoms with Crippen molar-refractivity contribution >= 4 is 11.9 Å². The molecule has 0 amide bonds. The van der Waals surface area contributed by atoms with Crippen molar-refractivity contribution < 1.29 is 76.3 Å². The van der Waals surface area contributed by atoms with E-state index in [1.807, 2.05) is 0 Å². The Bertz CT molecular complexity index is 321. The molecule has 0 fully saturated rings. The van der Waals surface area contributed by atoms with E-state index in [2.05, 4.69) is 4.74 Å². The Morgan fingerprint density at radius 1 is 1.20 bits per heavy atom. The third kappa shape index (κ3) is 6.51. The van der Waals surface area contributed by atoms with Gasteiger partial charge in [-0.25, -0.2) is 4.79 Å². The Morgan fingerprint density at radius 3 is 2.20 bits per heavy atom. The van der Waals surface area contributed by atoms with E-state index in [0.717, 1.165) is 0 Å². The Hall–Kier alpha value is 0.360. The van der Waals surface area contributed by atoms with Crippen LogP contribution in [0.5, 0.6) is 0 Å². The maximum atomic E-state index is 11.2. The van der Waals surface area contributed by atoms with Gasteiger partial charge in [0.05, 0.1) is 5.56 Å². The van der Waals surface area contributed by atoms with E-state index in [1.165, 1.54) is 0 Å². The number of carbonyl (C=O) groups excluding carboxylic acids is 2. The maximum Gasteiger partial charge on any atom is 1.00 e. The van der Waals surface area contributed by atoms with Crippen LogP contribution in [0.1, 0.15) is 26.6 Å². The van der Waals surface area contributed by atoms with E-state index in [0.29, 0.717) is 5.56 Å². The molecule has 0 aliphatic carbocycles. The van der Waals surface area contributed by atoms with Gasteiger partial charge in [0.15, 0.2) is 0 Å². The molecule has 72 valence electrons. The average Bonchev–Trinajstić information content (AvgIpc) is 2.19. The van der Waals surface area contributed by atoms with Crippen molar-refractivity contribution in [2.75, 3.05) is 0 Å². The zero-order chi connectivity index (χ0) is 9.68. The topological polar surface area (TPSA) is 43.4 Å². The van der Waals surface area contributed by atoms with E-state index in [9.17, 15) is 9.59 Å². The summed E-state index contributed by atoms with van der Waals surface area (Å²) in [5.74, 6) is -1.10. The molecule has 1 aromatic rings. The average molecular weight is 226 g/mol. The predicted molar refractivity (Wildman–Crippen MR) is 49.4 cm³/mol. The summed E-state index contributed by atoms with van der Waals surface area (Å²) < 4.78 is 4.51. The van der Waals surface area contributed by atoms with E-state index in [4.69, 9.17) is 0 Å². The van der Waals surface area contributed by atoms with Crippen LogP contribution in [0.15, 0.2) is 30.3 Å². The Balaban J connectivity index is -0.000000211. The third-order valence-corrected chi connectivity index (χ3v) is 1.50. The minimum absolute atomic E-state index is 0. The summed E-state index contributed by atoms with van der Waals surface area (Å²) in [5, 5.41) is 0. The van der Waals surface area contributed by atoms with Gasteiger partial charge in [0.25, 0.3) is 0 Å². The van der Waals surface area contributed by atoms with Crippen LogP contribution < -0.4 is 59.1 Å². The summed E-state index contributed by atoms with van der Waals surface area (Å²) in [6, 6.07) is 8.43. The first-order valence-corrected chi connectivity index (χ1v) is 4.04. The van der Waals surface area contributed by atoms with E-state index in [1.54, 1.807) is 37.3 Å². The Kier molecular flexibility index (Phi) is 11.3. The Morgan fingerprint density at radius 2 is 1.73 bits per heavy atom. The monoisotopic (exact) mass is 226 g/mol. The molecule has 0 atom stereocenters. The first-order valence-electron chi connectivity index (χ1n) is 4.04. The molecule has 3 nitrogen and oxygen atoms in total. The molecule has 15 heavy (non-hydrogen) atoms. The van der Waals surface area contributed by atoms with Crippen LogP contribution in [-0.4, -0.2) is 11.9 Å². The standard InChI is InChI=1S/C10H10O3.2Na.2H/c1-2-9(11)13-10(12)8-6-4-3-5-7-8;;;;/h3-7H,2H2,1H3;;;;/q;2*+1;2*-1. The molecule has 0 N–H and O–H groups in total. The molecule has 0 saturated carbocycles. The molecular formula is C10H12Na2O3. The Labute approximate surface area is 136 Å². The minimum Gasteiger partial charge on any atom is -1.00 e. The van der Waals surface area contributed by atoms with Gasteiger partial charge in [-0.05, 0) is 12.1 Å². The van der Waals surface area contributed by atoms with Crippen LogP contribution in [0.2, 0.25) is 0 Å². The molecule has 0 aromatic heterocycles. The fourth-order valence-electron chi connectivity index (χ4n) is 0.809. The van der Waals surface area contributed by atoms with Crippen molar-refractivity contribution in [1.29, 1.82) is 0 Å². The zero-order valence-corrected chi connectivity index (χ0v) is 13.3. The van der Waals surface area contributed by atoms with Crippen LogP contribution in [0.4, 0.5) is 0 Å². The number of benzene rings is 1. The SMILES string of the molecule is CCC(=O)OC(=O)c1ccccc1.[H-].[H-].[Na+].[Na+]. The molecule has 0 saturated heterocycles. The molecule has 0 heterocycles. The molecule has 0 radical (unpaired) electrons.